The van der Waals surface area contributed by atoms with Crippen LogP contribution in [0, 0.1) is 0 Å². The first-order chi connectivity index (χ1) is 19.7. The Morgan fingerprint density at radius 2 is 1.76 bits per heavy atom. The summed E-state index contributed by atoms with van der Waals surface area (Å²) in [5.74, 6) is 0.0844. The predicted octanol–water partition coefficient (Wildman–Crippen LogP) is -1.56. The zero-order valence-electron chi connectivity index (χ0n) is 21.7. The molecule has 42 heavy (non-hydrogen) atoms. The van der Waals surface area contributed by atoms with Crippen molar-refractivity contribution in [3.05, 3.63) is 42.5 Å². The van der Waals surface area contributed by atoms with Gasteiger partial charge in [-0.25, -0.2) is 19.7 Å². The van der Waals surface area contributed by atoms with Crippen LogP contribution in [0.15, 0.2) is 36.9 Å². The van der Waals surface area contributed by atoms with E-state index in [9.17, 15) is 39.0 Å². The lowest BCUT2D eigenvalue weighted by Crippen LogP contribution is -2.39. The van der Waals surface area contributed by atoms with E-state index in [4.69, 9.17) is 25.0 Å². The van der Waals surface area contributed by atoms with Crippen molar-refractivity contribution < 1.29 is 58.3 Å². The zero-order chi connectivity index (χ0) is 30.8. The molecule has 20 heteroatoms. The smallest absolute Gasteiger partial charge is 0.407 e. The summed E-state index contributed by atoms with van der Waals surface area (Å²) < 4.78 is 35.3. The van der Waals surface area contributed by atoms with Gasteiger partial charge >= 0.3 is 21.3 Å². The molecular formula is C22H30N6O12P2. The summed E-state index contributed by atoms with van der Waals surface area (Å²) >= 11 is 0. The SMILES string of the molecule is Nc1ncnc2c1ncn2[C@@H]1O[C@H](C(O)CCC(CNC(=O)OCc2ccc(P(=O)(O)O)cc2)P(=O)(O)O)[C@@H](O)[C@H]1O. The molecule has 4 rings (SSSR count). The fourth-order valence-corrected chi connectivity index (χ4v) is 5.75. The third-order valence-corrected chi connectivity index (χ3v) is 9.07. The minimum Gasteiger partial charge on any atom is -0.445 e. The molecule has 2 unspecified atom stereocenters. The van der Waals surface area contributed by atoms with Crippen LogP contribution >= 0.6 is 15.2 Å². The van der Waals surface area contributed by atoms with Crippen molar-refractivity contribution in [2.45, 2.75) is 55.8 Å². The van der Waals surface area contributed by atoms with Crippen LogP contribution in [0.3, 0.4) is 0 Å². The van der Waals surface area contributed by atoms with Crippen molar-refractivity contribution in [3.63, 3.8) is 0 Å². The van der Waals surface area contributed by atoms with Gasteiger partial charge in [-0.05, 0) is 30.5 Å². The second-order valence-electron chi connectivity index (χ2n) is 9.61. The van der Waals surface area contributed by atoms with E-state index in [1.54, 1.807) is 0 Å². The van der Waals surface area contributed by atoms with E-state index >= 15 is 0 Å². The largest absolute Gasteiger partial charge is 0.445 e. The zero-order valence-corrected chi connectivity index (χ0v) is 23.5. The Morgan fingerprint density at radius 1 is 1.07 bits per heavy atom. The second kappa shape index (κ2) is 12.7. The number of hydrogen-bond donors (Lipinski definition) is 9. The lowest BCUT2D eigenvalue weighted by atomic mass is 10.0. The molecular weight excluding hydrogens is 602 g/mol. The van der Waals surface area contributed by atoms with Gasteiger partial charge in [-0.3, -0.25) is 13.7 Å². The number of aliphatic hydroxyl groups is 3. The Bertz CT molecular complexity index is 1490. The van der Waals surface area contributed by atoms with Crippen molar-refractivity contribution in [2.75, 3.05) is 12.3 Å². The third kappa shape index (κ3) is 7.30. The van der Waals surface area contributed by atoms with E-state index in [0.717, 1.165) is 0 Å². The van der Waals surface area contributed by atoms with E-state index in [-0.39, 0.29) is 41.7 Å². The molecule has 18 nitrogen and oxygen atoms in total. The summed E-state index contributed by atoms with van der Waals surface area (Å²) in [7, 11) is -9.20. The number of nitrogens with one attached hydrogen (secondary N) is 1. The molecule has 0 radical (unpaired) electrons. The van der Waals surface area contributed by atoms with Gasteiger partial charge in [-0.1, -0.05) is 12.1 Å². The normalized spacial score (nSPS) is 22.6. The molecule has 0 bridgehead atoms. The quantitative estimate of drug-likeness (QED) is 0.108. The summed E-state index contributed by atoms with van der Waals surface area (Å²) in [6.45, 7) is -0.799. The van der Waals surface area contributed by atoms with Gasteiger partial charge in [0.25, 0.3) is 0 Å². The highest BCUT2D eigenvalue weighted by Gasteiger charge is 2.47. The van der Waals surface area contributed by atoms with Gasteiger partial charge in [0.15, 0.2) is 17.7 Å². The summed E-state index contributed by atoms with van der Waals surface area (Å²) in [5, 5.41) is 33.9. The van der Waals surface area contributed by atoms with Crippen molar-refractivity contribution in [3.8, 4) is 0 Å². The van der Waals surface area contributed by atoms with E-state index in [0.29, 0.717) is 5.56 Å². The number of carbonyl (C=O) groups excluding carboxylic acids is 1. The van der Waals surface area contributed by atoms with Crippen LogP contribution in [-0.4, -0.2) is 97.1 Å². The number of imidazole rings is 1. The highest BCUT2D eigenvalue weighted by molar-refractivity contribution is 7.60. The van der Waals surface area contributed by atoms with Gasteiger partial charge in [-0.15, -0.1) is 0 Å². The first-order valence-electron chi connectivity index (χ1n) is 12.4. The number of aliphatic hydroxyl groups excluding tert-OH is 3. The number of nitrogens with zero attached hydrogens (tertiary/aromatic N) is 4. The number of anilines is 1. The molecule has 1 aliphatic heterocycles. The first-order valence-corrected chi connectivity index (χ1v) is 15.7. The number of hydrogen-bond acceptors (Lipinski definition) is 12. The molecule has 2 aromatic heterocycles. The molecule has 10 N–H and O–H groups in total. The van der Waals surface area contributed by atoms with Crippen molar-refractivity contribution >= 4 is 43.6 Å². The average molecular weight is 632 g/mol. The summed E-state index contributed by atoms with van der Waals surface area (Å²) in [5.41, 5.74) is 5.20. The second-order valence-corrected chi connectivity index (χ2v) is 13.1. The maximum Gasteiger partial charge on any atom is 0.407 e. The Hall–Kier alpha value is -3.02. The monoisotopic (exact) mass is 632 g/mol. The van der Waals surface area contributed by atoms with Gasteiger partial charge in [-0.2, -0.15) is 0 Å². The van der Waals surface area contributed by atoms with Crippen LogP contribution in [0.1, 0.15) is 24.6 Å². The number of nitrogen functional groups attached to an aromatic ring is 1. The topological polar surface area (TPSA) is 293 Å². The minimum absolute atomic E-state index is 0.0844. The van der Waals surface area contributed by atoms with E-state index in [1.165, 1.54) is 41.5 Å². The van der Waals surface area contributed by atoms with Crippen molar-refractivity contribution in [1.82, 2.24) is 24.8 Å². The molecule has 1 fully saturated rings. The molecule has 0 aliphatic carbocycles. The Kier molecular flexibility index (Phi) is 9.64. The maximum absolute atomic E-state index is 12.1. The summed E-state index contributed by atoms with van der Waals surface area (Å²) in [6, 6.07) is 5.06. The standard InChI is InChI=1S/C22H30N6O12P2/c23-19-15-20(26-9-25-19)28(10-27-15)21-17(31)16(30)18(40-21)14(29)6-5-13(42(36,37)38)7-24-22(32)39-8-11-1-3-12(4-2-11)41(33,34)35/h1-4,9-10,13-14,16-18,21,29-31H,5-8H2,(H,24,32)(H2,23,25,26)(H2,33,34,35)(H2,36,37,38)/t13?,14?,16-,17+,18+,21+/m0/s1. The molecule has 1 amide bonds. The van der Waals surface area contributed by atoms with Crippen molar-refractivity contribution in [1.29, 1.82) is 0 Å². The number of carbonyl (C=O) groups is 1. The van der Waals surface area contributed by atoms with Crippen LogP contribution in [0.2, 0.25) is 0 Å². The van der Waals surface area contributed by atoms with Crippen LogP contribution in [-0.2, 0) is 25.2 Å². The number of benzene rings is 1. The number of aromatic nitrogens is 4. The number of rotatable bonds is 11. The molecule has 230 valence electrons. The minimum atomic E-state index is -4.78. The van der Waals surface area contributed by atoms with Crippen LogP contribution < -0.4 is 16.4 Å². The van der Waals surface area contributed by atoms with Crippen LogP contribution in [0.25, 0.3) is 11.2 Å². The molecule has 0 spiro atoms. The molecule has 1 aliphatic rings. The molecule has 3 heterocycles. The van der Waals surface area contributed by atoms with Gasteiger partial charge in [0.05, 0.1) is 23.4 Å². The first kappa shape index (κ1) is 31.9. The van der Waals surface area contributed by atoms with Gasteiger partial charge in [0.2, 0.25) is 0 Å². The van der Waals surface area contributed by atoms with E-state index in [1.807, 2.05) is 0 Å². The maximum atomic E-state index is 12.1. The Balaban J connectivity index is 1.31. The predicted molar refractivity (Wildman–Crippen MR) is 143 cm³/mol. The average Bonchev–Trinajstić information content (AvgIpc) is 3.48. The molecule has 6 atom stereocenters. The number of fused-ring (bicyclic) bond motifs is 1. The van der Waals surface area contributed by atoms with E-state index in [2.05, 4.69) is 20.3 Å². The molecule has 0 saturated carbocycles. The molecule has 1 aromatic carbocycles. The summed E-state index contributed by atoms with van der Waals surface area (Å²) in [4.78, 5) is 61.9. The van der Waals surface area contributed by atoms with E-state index < -0.39 is 64.1 Å². The van der Waals surface area contributed by atoms with Crippen LogP contribution in [0.4, 0.5) is 10.6 Å². The fraction of sp³-hybridized carbons (Fsp3) is 0.455. The number of ether oxygens (including phenoxy) is 2. The Labute approximate surface area is 237 Å². The molecule has 3 aromatic rings. The van der Waals surface area contributed by atoms with Gasteiger partial charge in [0.1, 0.15) is 36.8 Å². The highest BCUT2D eigenvalue weighted by atomic mass is 31.2. The van der Waals surface area contributed by atoms with Crippen LogP contribution in [0.5, 0.6) is 0 Å². The lowest BCUT2D eigenvalue weighted by Gasteiger charge is -2.24. The lowest BCUT2D eigenvalue weighted by molar-refractivity contribution is -0.0858. The van der Waals surface area contributed by atoms with Gasteiger partial charge in [0, 0.05) is 6.54 Å². The van der Waals surface area contributed by atoms with Gasteiger partial charge < -0.3 is 55.4 Å². The highest BCUT2D eigenvalue weighted by Crippen LogP contribution is 2.44. The number of alkyl carbamates (subject to hydrolysis) is 1. The third-order valence-electron chi connectivity index (χ3n) is 6.71. The Morgan fingerprint density at radius 3 is 2.40 bits per heavy atom. The number of nitrogens with two attached hydrogens (primary N) is 1. The summed E-state index contributed by atoms with van der Waals surface area (Å²) in [6.07, 6.45) is -6.24. The molecule has 1 saturated heterocycles. The fourth-order valence-electron chi connectivity index (χ4n) is 4.39. The number of amides is 1. The van der Waals surface area contributed by atoms with Crippen molar-refractivity contribution in [2.24, 2.45) is 0 Å².